The van der Waals surface area contributed by atoms with Crippen LogP contribution in [0, 0.1) is 11.8 Å². The second-order valence-electron chi connectivity index (χ2n) is 4.92. The van der Waals surface area contributed by atoms with Gasteiger partial charge in [0.05, 0.1) is 0 Å². The van der Waals surface area contributed by atoms with Gasteiger partial charge in [-0.3, -0.25) is 4.79 Å². The molecule has 0 aromatic heterocycles. The highest BCUT2D eigenvalue weighted by Crippen LogP contribution is 2.36. The van der Waals surface area contributed by atoms with Crippen LogP contribution < -0.4 is 0 Å². The van der Waals surface area contributed by atoms with Crippen molar-refractivity contribution in [2.24, 2.45) is 11.8 Å². The molecule has 1 fully saturated rings. The SMILES string of the molecule is COC1(C(=O)C(C)C)CCCC(C)C1. The van der Waals surface area contributed by atoms with Gasteiger partial charge < -0.3 is 4.74 Å². The van der Waals surface area contributed by atoms with Gasteiger partial charge in [-0.05, 0) is 25.2 Å². The molecule has 2 unspecified atom stereocenters. The van der Waals surface area contributed by atoms with Crippen molar-refractivity contribution in [3.8, 4) is 0 Å². The number of hydrogen-bond acceptors (Lipinski definition) is 2. The van der Waals surface area contributed by atoms with Gasteiger partial charge in [0.25, 0.3) is 0 Å². The molecule has 1 rings (SSSR count). The second kappa shape index (κ2) is 4.43. The molecular formula is C12H22O2. The zero-order chi connectivity index (χ0) is 10.8. The summed E-state index contributed by atoms with van der Waals surface area (Å²) in [6.07, 6.45) is 4.16. The van der Waals surface area contributed by atoms with Crippen LogP contribution in [-0.2, 0) is 9.53 Å². The molecule has 0 amide bonds. The molecule has 0 heterocycles. The quantitative estimate of drug-likeness (QED) is 0.697. The highest BCUT2D eigenvalue weighted by molar-refractivity contribution is 5.89. The summed E-state index contributed by atoms with van der Waals surface area (Å²) >= 11 is 0. The van der Waals surface area contributed by atoms with E-state index in [1.54, 1.807) is 7.11 Å². The Morgan fingerprint density at radius 3 is 2.57 bits per heavy atom. The van der Waals surface area contributed by atoms with Crippen molar-refractivity contribution < 1.29 is 9.53 Å². The van der Waals surface area contributed by atoms with Gasteiger partial charge >= 0.3 is 0 Å². The highest BCUT2D eigenvalue weighted by Gasteiger charge is 2.42. The Morgan fingerprint density at radius 1 is 1.50 bits per heavy atom. The zero-order valence-electron chi connectivity index (χ0n) is 9.80. The minimum atomic E-state index is -0.466. The summed E-state index contributed by atoms with van der Waals surface area (Å²) in [5, 5.41) is 0. The molecule has 1 aliphatic carbocycles. The summed E-state index contributed by atoms with van der Waals surface area (Å²) in [4.78, 5) is 12.1. The van der Waals surface area contributed by atoms with Gasteiger partial charge in [-0.15, -0.1) is 0 Å². The van der Waals surface area contributed by atoms with E-state index in [4.69, 9.17) is 4.74 Å². The van der Waals surface area contributed by atoms with Crippen LogP contribution >= 0.6 is 0 Å². The van der Waals surface area contributed by atoms with Gasteiger partial charge in [-0.1, -0.05) is 27.2 Å². The van der Waals surface area contributed by atoms with Crippen molar-refractivity contribution in [2.75, 3.05) is 7.11 Å². The average Bonchev–Trinajstić information content (AvgIpc) is 2.16. The molecule has 0 aromatic carbocycles. The van der Waals surface area contributed by atoms with Gasteiger partial charge in [0.15, 0.2) is 5.78 Å². The first-order chi connectivity index (χ1) is 6.52. The van der Waals surface area contributed by atoms with E-state index in [-0.39, 0.29) is 11.7 Å². The van der Waals surface area contributed by atoms with Crippen molar-refractivity contribution in [2.45, 2.75) is 52.1 Å². The van der Waals surface area contributed by atoms with E-state index in [2.05, 4.69) is 6.92 Å². The maximum atomic E-state index is 12.1. The summed E-state index contributed by atoms with van der Waals surface area (Å²) in [5.74, 6) is 0.984. The molecule has 0 aliphatic heterocycles. The number of carbonyl (C=O) groups is 1. The molecule has 2 nitrogen and oxygen atoms in total. The molecular weight excluding hydrogens is 176 g/mol. The Morgan fingerprint density at radius 2 is 2.14 bits per heavy atom. The summed E-state index contributed by atoms with van der Waals surface area (Å²) in [6, 6.07) is 0. The molecule has 82 valence electrons. The normalized spacial score (nSPS) is 33.4. The number of Topliss-reactive ketones (excluding diaryl/α,β-unsaturated/α-hetero) is 1. The van der Waals surface area contributed by atoms with Crippen LogP contribution in [0.1, 0.15) is 46.5 Å². The summed E-state index contributed by atoms with van der Waals surface area (Å²) in [6.45, 7) is 6.13. The van der Waals surface area contributed by atoms with Crippen LogP contribution in [0.5, 0.6) is 0 Å². The number of hydrogen-bond donors (Lipinski definition) is 0. The number of ether oxygens (including phenoxy) is 1. The summed E-state index contributed by atoms with van der Waals surface area (Å²) in [7, 11) is 1.68. The maximum Gasteiger partial charge on any atom is 0.167 e. The second-order valence-corrected chi connectivity index (χ2v) is 4.92. The van der Waals surface area contributed by atoms with E-state index >= 15 is 0 Å². The predicted molar refractivity (Wildman–Crippen MR) is 57.2 cm³/mol. The molecule has 1 saturated carbocycles. The molecule has 2 heteroatoms. The third-order valence-electron chi connectivity index (χ3n) is 3.32. The number of methoxy groups -OCH3 is 1. The predicted octanol–water partition coefficient (Wildman–Crippen LogP) is 2.81. The molecule has 0 saturated heterocycles. The van der Waals surface area contributed by atoms with Crippen molar-refractivity contribution in [3.63, 3.8) is 0 Å². The van der Waals surface area contributed by atoms with E-state index in [0.717, 1.165) is 19.3 Å². The molecule has 14 heavy (non-hydrogen) atoms. The lowest BCUT2D eigenvalue weighted by Gasteiger charge is -2.38. The standard InChI is InChI=1S/C12H22O2/c1-9(2)11(13)12(14-4)7-5-6-10(3)8-12/h9-10H,5-8H2,1-4H3. The fourth-order valence-corrected chi connectivity index (χ4v) is 2.54. The van der Waals surface area contributed by atoms with Crippen LogP contribution in [0.3, 0.4) is 0 Å². The molecule has 0 spiro atoms. The molecule has 0 bridgehead atoms. The molecule has 1 aliphatic rings. The number of ketones is 1. The van der Waals surface area contributed by atoms with E-state index in [1.807, 2.05) is 13.8 Å². The van der Waals surface area contributed by atoms with Crippen molar-refractivity contribution in [1.29, 1.82) is 0 Å². The largest absolute Gasteiger partial charge is 0.370 e. The Bertz CT molecular complexity index is 210. The maximum absolute atomic E-state index is 12.1. The van der Waals surface area contributed by atoms with E-state index in [0.29, 0.717) is 5.92 Å². The lowest BCUT2D eigenvalue weighted by atomic mass is 9.74. The third-order valence-corrected chi connectivity index (χ3v) is 3.32. The van der Waals surface area contributed by atoms with E-state index in [9.17, 15) is 4.79 Å². The Balaban J connectivity index is 2.79. The average molecular weight is 198 g/mol. The van der Waals surface area contributed by atoms with Crippen LogP contribution in [0.4, 0.5) is 0 Å². The highest BCUT2D eigenvalue weighted by atomic mass is 16.5. The van der Waals surface area contributed by atoms with Crippen molar-refractivity contribution >= 4 is 5.78 Å². The van der Waals surface area contributed by atoms with Gasteiger partial charge in [0, 0.05) is 13.0 Å². The summed E-state index contributed by atoms with van der Waals surface area (Å²) in [5.41, 5.74) is -0.466. The topological polar surface area (TPSA) is 26.3 Å². The van der Waals surface area contributed by atoms with E-state index < -0.39 is 5.60 Å². The first kappa shape index (κ1) is 11.7. The van der Waals surface area contributed by atoms with Crippen molar-refractivity contribution in [3.05, 3.63) is 0 Å². The van der Waals surface area contributed by atoms with Gasteiger partial charge in [0.1, 0.15) is 5.60 Å². The Kier molecular flexibility index (Phi) is 3.71. The van der Waals surface area contributed by atoms with Crippen molar-refractivity contribution in [1.82, 2.24) is 0 Å². The minimum absolute atomic E-state index is 0.0836. The van der Waals surface area contributed by atoms with Crippen LogP contribution in [0.2, 0.25) is 0 Å². The third kappa shape index (κ3) is 2.17. The molecule has 0 N–H and O–H groups in total. The lowest BCUT2D eigenvalue weighted by molar-refractivity contribution is -0.150. The van der Waals surface area contributed by atoms with Crippen LogP contribution in [-0.4, -0.2) is 18.5 Å². The smallest absolute Gasteiger partial charge is 0.167 e. The molecule has 2 atom stereocenters. The first-order valence-corrected chi connectivity index (χ1v) is 5.61. The number of carbonyl (C=O) groups excluding carboxylic acids is 1. The fourth-order valence-electron chi connectivity index (χ4n) is 2.54. The minimum Gasteiger partial charge on any atom is -0.370 e. The molecule has 0 aromatic rings. The summed E-state index contributed by atoms with van der Waals surface area (Å²) < 4.78 is 5.52. The monoisotopic (exact) mass is 198 g/mol. The van der Waals surface area contributed by atoms with E-state index in [1.165, 1.54) is 6.42 Å². The molecule has 0 radical (unpaired) electrons. The van der Waals surface area contributed by atoms with Crippen LogP contribution in [0.25, 0.3) is 0 Å². The fraction of sp³-hybridized carbons (Fsp3) is 0.917. The van der Waals surface area contributed by atoms with Gasteiger partial charge in [-0.2, -0.15) is 0 Å². The Hall–Kier alpha value is -0.370. The Labute approximate surface area is 87.0 Å². The first-order valence-electron chi connectivity index (χ1n) is 5.61. The van der Waals surface area contributed by atoms with Gasteiger partial charge in [-0.25, -0.2) is 0 Å². The number of rotatable bonds is 3. The van der Waals surface area contributed by atoms with Crippen LogP contribution in [0.15, 0.2) is 0 Å². The zero-order valence-corrected chi connectivity index (χ0v) is 9.80. The van der Waals surface area contributed by atoms with Gasteiger partial charge in [0.2, 0.25) is 0 Å². The lowest BCUT2D eigenvalue weighted by Crippen LogP contribution is -2.46.